The van der Waals surface area contributed by atoms with Gasteiger partial charge in [0.05, 0.1) is 24.5 Å². The van der Waals surface area contributed by atoms with Crippen molar-refractivity contribution in [2.45, 2.75) is 19.8 Å². The molecule has 5 rings (SSSR count). The van der Waals surface area contributed by atoms with Crippen molar-refractivity contribution in [2.24, 2.45) is 0 Å². The molecule has 2 aromatic carbocycles. The highest BCUT2D eigenvalue weighted by Gasteiger charge is 2.24. The lowest BCUT2D eigenvalue weighted by Gasteiger charge is -2.26. The summed E-state index contributed by atoms with van der Waals surface area (Å²) in [4.78, 5) is 18.3. The molecule has 6 heteroatoms. The van der Waals surface area contributed by atoms with Crippen LogP contribution in [-0.4, -0.2) is 47.3 Å². The summed E-state index contributed by atoms with van der Waals surface area (Å²) in [7, 11) is 0. The van der Waals surface area contributed by atoms with E-state index in [-0.39, 0.29) is 5.91 Å². The quantitative estimate of drug-likeness (QED) is 0.518. The van der Waals surface area contributed by atoms with Gasteiger partial charge in [0.1, 0.15) is 11.5 Å². The number of carbonyl (C=O) groups is 1. The fourth-order valence-corrected chi connectivity index (χ4v) is 4.34. The van der Waals surface area contributed by atoms with E-state index in [9.17, 15) is 4.79 Å². The summed E-state index contributed by atoms with van der Waals surface area (Å²) in [5.41, 5.74) is 5.92. The Morgan fingerprint density at radius 2 is 1.81 bits per heavy atom. The predicted molar refractivity (Wildman–Crippen MR) is 120 cm³/mol. The Labute approximate surface area is 180 Å². The Morgan fingerprint density at radius 3 is 2.61 bits per heavy atom. The molecular formula is C25H25N3O3. The number of amides is 1. The monoisotopic (exact) mass is 415 g/mol. The zero-order chi connectivity index (χ0) is 21.2. The van der Waals surface area contributed by atoms with E-state index >= 15 is 0 Å². The van der Waals surface area contributed by atoms with E-state index in [1.807, 2.05) is 54.3 Å². The number of aryl methyl sites for hydroxylation is 2. The number of rotatable bonds is 5. The van der Waals surface area contributed by atoms with Gasteiger partial charge in [-0.15, -0.1) is 0 Å². The number of aromatic amines is 1. The van der Waals surface area contributed by atoms with Crippen LogP contribution in [-0.2, 0) is 16.0 Å². The molecule has 1 saturated heterocycles. The average Bonchev–Trinajstić information content (AvgIpc) is 3.38. The van der Waals surface area contributed by atoms with Crippen LogP contribution in [0.3, 0.4) is 0 Å². The van der Waals surface area contributed by atoms with E-state index < -0.39 is 0 Å². The Bertz CT molecular complexity index is 1200. The molecule has 1 N–H and O–H groups in total. The standard InChI is InChI=1S/C25H25N3O3/c1-17-23(24(27-31-17)18-7-3-2-4-8-18)25-20(19-9-5-6-10-21(19)26-25)11-12-22(29)28-13-15-30-16-14-28/h2-10,26H,11-16H2,1H3. The van der Waals surface area contributed by atoms with Gasteiger partial charge in [-0.25, -0.2) is 0 Å². The Balaban J connectivity index is 1.55. The SMILES string of the molecule is Cc1onc(-c2ccccc2)c1-c1[nH]c2ccccc2c1CCC(=O)N1CCOCC1. The summed E-state index contributed by atoms with van der Waals surface area (Å²) in [6, 6.07) is 18.3. The van der Waals surface area contributed by atoms with Crippen molar-refractivity contribution >= 4 is 16.8 Å². The number of hydrogen-bond acceptors (Lipinski definition) is 4. The third-order valence-corrected chi connectivity index (χ3v) is 5.93. The number of carbonyl (C=O) groups excluding carboxylic acids is 1. The van der Waals surface area contributed by atoms with Crippen molar-refractivity contribution in [3.05, 3.63) is 65.9 Å². The topological polar surface area (TPSA) is 71.4 Å². The van der Waals surface area contributed by atoms with Gasteiger partial charge in [0.2, 0.25) is 5.91 Å². The van der Waals surface area contributed by atoms with E-state index in [2.05, 4.69) is 22.3 Å². The number of morpholine rings is 1. The first kappa shape index (κ1) is 19.6. The molecule has 4 aromatic rings. The van der Waals surface area contributed by atoms with Crippen molar-refractivity contribution < 1.29 is 14.1 Å². The second-order valence-corrected chi connectivity index (χ2v) is 7.85. The van der Waals surface area contributed by atoms with Crippen LogP contribution in [0.5, 0.6) is 0 Å². The minimum atomic E-state index is 0.171. The highest BCUT2D eigenvalue weighted by Crippen LogP contribution is 2.39. The molecule has 0 saturated carbocycles. The lowest BCUT2D eigenvalue weighted by atomic mass is 9.97. The molecule has 1 fully saturated rings. The van der Waals surface area contributed by atoms with E-state index in [1.165, 1.54) is 0 Å². The highest BCUT2D eigenvalue weighted by atomic mass is 16.5. The maximum Gasteiger partial charge on any atom is 0.223 e. The average molecular weight is 415 g/mol. The van der Waals surface area contributed by atoms with Gasteiger partial charge in [0.25, 0.3) is 0 Å². The molecule has 31 heavy (non-hydrogen) atoms. The predicted octanol–water partition coefficient (Wildman–Crippen LogP) is 4.59. The van der Waals surface area contributed by atoms with Crippen molar-refractivity contribution in [3.63, 3.8) is 0 Å². The Hall–Kier alpha value is -3.38. The lowest BCUT2D eigenvalue weighted by Crippen LogP contribution is -2.40. The number of nitrogens with zero attached hydrogens (tertiary/aromatic N) is 2. The van der Waals surface area contributed by atoms with E-state index in [0.717, 1.165) is 44.7 Å². The maximum absolute atomic E-state index is 12.8. The number of aromatic nitrogens is 2. The fourth-order valence-electron chi connectivity index (χ4n) is 4.34. The maximum atomic E-state index is 12.8. The number of hydrogen-bond donors (Lipinski definition) is 1. The van der Waals surface area contributed by atoms with Gasteiger partial charge < -0.3 is 19.1 Å². The number of para-hydroxylation sites is 1. The van der Waals surface area contributed by atoms with Crippen molar-refractivity contribution in [3.8, 4) is 22.5 Å². The van der Waals surface area contributed by atoms with Gasteiger partial charge in [-0.2, -0.15) is 0 Å². The van der Waals surface area contributed by atoms with Gasteiger partial charge in [-0.05, 0) is 25.0 Å². The Kier molecular flexibility index (Phi) is 5.30. The minimum Gasteiger partial charge on any atom is -0.378 e. The smallest absolute Gasteiger partial charge is 0.223 e. The molecule has 0 radical (unpaired) electrons. The summed E-state index contributed by atoms with van der Waals surface area (Å²) in [6.07, 6.45) is 1.11. The largest absolute Gasteiger partial charge is 0.378 e. The number of nitrogens with one attached hydrogen (secondary N) is 1. The molecule has 0 unspecified atom stereocenters. The first-order chi connectivity index (χ1) is 15.2. The molecule has 2 aromatic heterocycles. The fraction of sp³-hybridized carbons (Fsp3) is 0.280. The molecule has 158 valence electrons. The van der Waals surface area contributed by atoms with Crippen molar-refractivity contribution in [2.75, 3.05) is 26.3 Å². The molecule has 6 nitrogen and oxygen atoms in total. The molecular weight excluding hydrogens is 390 g/mol. The lowest BCUT2D eigenvalue weighted by molar-refractivity contribution is -0.135. The van der Waals surface area contributed by atoms with Crippen LogP contribution in [0.15, 0.2) is 59.1 Å². The summed E-state index contributed by atoms with van der Waals surface area (Å²) < 4.78 is 11.0. The van der Waals surface area contributed by atoms with Crippen LogP contribution in [0, 0.1) is 6.92 Å². The number of benzene rings is 2. The summed E-state index contributed by atoms with van der Waals surface area (Å²) >= 11 is 0. The Morgan fingerprint density at radius 1 is 1.06 bits per heavy atom. The summed E-state index contributed by atoms with van der Waals surface area (Å²) in [6.45, 7) is 4.50. The van der Waals surface area contributed by atoms with Gasteiger partial charge in [0.15, 0.2) is 0 Å². The van der Waals surface area contributed by atoms with Crippen LogP contribution in [0.1, 0.15) is 17.7 Å². The third-order valence-electron chi connectivity index (χ3n) is 5.93. The molecule has 1 aliphatic rings. The number of ether oxygens (including phenoxy) is 1. The van der Waals surface area contributed by atoms with Gasteiger partial charge >= 0.3 is 0 Å². The normalized spacial score (nSPS) is 14.3. The van der Waals surface area contributed by atoms with Crippen molar-refractivity contribution in [1.29, 1.82) is 0 Å². The summed E-state index contributed by atoms with van der Waals surface area (Å²) in [5, 5.41) is 5.49. The first-order valence-electron chi connectivity index (χ1n) is 10.7. The minimum absolute atomic E-state index is 0.171. The van der Waals surface area contributed by atoms with Crippen LogP contribution in [0.4, 0.5) is 0 Å². The zero-order valence-corrected chi connectivity index (χ0v) is 17.6. The summed E-state index contributed by atoms with van der Waals surface area (Å²) in [5.74, 6) is 0.927. The molecule has 1 amide bonds. The van der Waals surface area contributed by atoms with Crippen molar-refractivity contribution in [1.82, 2.24) is 15.0 Å². The van der Waals surface area contributed by atoms with Crippen LogP contribution in [0.2, 0.25) is 0 Å². The van der Waals surface area contributed by atoms with Crippen LogP contribution in [0.25, 0.3) is 33.4 Å². The van der Waals surface area contributed by atoms with E-state index in [4.69, 9.17) is 9.26 Å². The van der Waals surface area contributed by atoms with E-state index in [1.54, 1.807) is 0 Å². The first-order valence-corrected chi connectivity index (χ1v) is 10.7. The molecule has 0 spiro atoms. The number of H-pyrrole nitrogens is 1. The number of fused-ring (bicyclic) bond motifs is 1. The molecule has 1 aliphatic heterocycles. The van der Waals surface area contributed by atoms with E-state index in [0.29, 0.717) is 39.1 Å². The zero-order valence-electron chi connectivity index (χ0n) is 17.6. The van der Waals surface area contributed by atoms with Gasteiger partial charge in [0, 0.05) is 36.0 Å². The molecule has 0 bridgehead atoms. The molecule has 0 atom stereocenters. The second kappa shape index (κ2) is 8.40. The molecule has 0 aliphatic carbocycles. The third kappa shape index (κ3) is 3.75. The molecule has 3 heterocycles. The van der Waals surface area contributed by atoms with Crippen LogP contribution < -0.4 is 0 Å². The van der Waals surface area contributed by atoms with Crippen LogP contribution >= 0.6 is 0 Å². The second-order valence-electron chi connectivity index (χ2n) is 7.85. The van der Waals surface area contributed by atoms with Gasteiger partial charge in [-0.1, -0.05) is 53.7 Å². The van der Waals surface area contributed by atoms with Gasteiger partial charge in [-0.3, -0.25) is 4.79 Å². The highest BCUT2D eigenvalue weighted by molar-refractivity contribution is 5.94.